The van der Waals surface area contributed by atoms with Crippen molar-refractivity contribution in [1.82, 2.24) is 5.43 Å². The molecule has 0 saturated carbocycles. The second-order valence-corrected chi connectivity index (χ2v) is 2.66. The summed E-state index contributed by atoms with van der Waals surface area (Å²) in [6.45, 7) is 4.49. The standard InChI is InChI=1S/C10H14N2/c1-2-9(8-12-11)10-6-4-3-5-7-10/h2-7,9,12H,1,8,11H2/t9-/m0/s1. The van der Waals surface area contributed by atoms with Gasteiger partial charge in [0.15, 0.2) is 0 Å². The van der Waals surface area contributed by atoms with Gasteiger partial charge in [0.05, 0.1) is 0 Å². The normalized spacial score (nSPS) is 12.4. The Bertz CT molecular complexity index is 231. The summed E-state index contributed by atoms with van der Waals surface area (Å²) in [6, 6.07) is 10.2. The van der Waals surface area contributed by atoms with Crippen LogP contribution in [0.5, 0.6) is 0 Å². The third-order valence-electron chi connectivity index (χ3n) is 1.85. The van der Waals surface area contributed by atoms with Gasteiger partial charge in [0.25, 0.3) is 0 Å². The van der Waals surface area contributed by atoms with Gasteiger partial charge in [0, 0.05) is 12.5 Å². The lowest BCUT2D eigenvalue weighted by Crippen LogP contribution is -2.26. The molecule has 3 N–H and O–H groups in total. The summed E-state index contributed by atoms with van der Waals surface area (Å²) in [5, 5.41) is 0. The molecule has 0 spiro atoms. The number of hydrogen-bond donors (Lipinski definition) is 2. The molecule has 0 fully saturated rings. The molecular weight excluding hydrogens is 148 g/mol. The molecule has 1 aromatic carbocycles. The maximum Gasteiger partial charge on any atom is 0.0201 e. The molecule has 0 unspecified atom stereocenters. The van der Waals surface area contributed by atoms with Crippen LogP contribution in [0.25, 0.3) is 0 Å². The molecule has 0 aliphatic rings. The van der Waals surface area contributed by atoms with Crippen molar-refractivity contribution >= 4 is 0 Å². The van der Waals surface area contributed by atoms with Gasteiger partial charge in [-0.25, -0.2) is 0 Å². The first-order chi connectivity index (χ1) is 5.88. The number of nitrogens with two attached hydrogens (primary N) is 1. The molecule has 2 heteroatoms. The van der Waals surface area contributed by atoms with Crippen LogP contribution < -0.4 is 11.3 Å². The van der Waals surface area contributed by atoms with Crippen LogP contribution in [0.2, 0.25) is 0 Å². The molecule has 0 radical (unpaired) electrons. The molecule has 12 heavy (non-hydrogen) atoms. The van der Waals surface area contributed by atoms with E-state index in [1.54, 1.807) is 0 Å². The molecule has 0 heterocycles. The summed E-state index contributed by atoms with van der Waals surface area (Å²) in [7, 11) is 0. The van der Waals surface area contributed by atoms with Crippen LogP contribution in [0.3, 0.4) is 0 Å². The molecular formula is C10H14N2. The predicted molar refractivity (Wildman–Crippen MR) is 51.6 cm³/mol. The third-order valence-corrected chi connectivity index (χ3v) is 1.85. The van der Waals surface area contributed by atoms with E-state index >= 15 is 0 Å². The fraction of sp³-hybridized carbons (Fsp3) is 0.200. The SMILES string of the molecule is C=C[C@@H](CNN)c1ccccc1. The number of benzene rings is 1. The minimum atomic E-state index is 0.302. The highest BCUT2D eigenvalue weighted by atomic mass is 15.2. The first-order valence-electron chi connectivity index (χ1n) is 3.99. The molecule has 0 bridgehead atoms. The average Bonchev–Trinajstić information content (AvgIpc) is 2.15. The first kappa shape index (κ1) is 8.97. The largest absolute Gasteiger partial charge is 0.271 e. The molecule has 1 aromatic rings. The van der Waals surface area contributed by atoms with E-state index in [0.29, 0.717) is 5.92 Å². The lowest BCUT2D eigenvalue weighted by atomic mass is 10.00. The number of hydrazine groups is 1. The molecule has 1 rings (SSSR count). The van der Waals surface area contributed by atoms with Crippen molar-refractivity contribution in [3.63, 3.8) is 0 Å². The topological polar surface area (TPSA) is 38.0 Å². The predicted octanol–water partition coefficient (Wildman–Crippen LogP) is 1.42. The molecule has 64 valence electrons. The molecule has 0 aliphatic heterocycles. The van der Waals surface area contributed by atoms with Crippen molar-refractivity contribution in [2.24, 2.45) is 5.84 Å². The van der Waals surface area contributed by atoms with Gasteiger partial charge in [-0.2, -0.15) is 0 Å². The molecule has 2 nitrogen and oxygen atoms in total. The Balaban J connectivity index is 2.73. The highest BCUT2D eigenvalue weighted by Gasteiger charge is 2.03. The van der Waals surface area contributed by atoms with E-state index in [-0.39, 0.29) is 0 Å². The maximum absolute atomic E-state index is 5.24. The van der Waals surface area contributed by atoms with Gasteiger partial charge in [-0.15, -0.1) is 6.58 Å². The van der Waals surface area contributed by atoms with Gasteiger partial charge in [0.2, 0.25) is 0 Å². The Morgan fingerprint density at radius 3 is 2.58 bits per heavy atom. The van der Waals surface area contributed by atoms with Crippen LogP contribution in [0, 0.1) is 0 Å². The number of rotatable bonds is 4. The van der Waals surface area contributed by atoms with Gasteiger partial charge in [0.1, 0.15) is 0 Å². The minimum Gasteiger partial charge on any atom is -0.271 e. The quantitative estimate of drug-likeness (QED) is 0.399. The van der Waals surface area contributed by atoms with Crippen molar-refractivity contribution in [3.8, 4) is 0 Å². The minimum absolute atomic E-state index is 0.302. The van der Waals surface area contributed by atoms with Gasteiger partial charge in [-0.3, -0.25) is 11.3 Å². The second kappa shape index (κ2) is 4.70. The fourth-order valence-corrected chi connectivity index (χ4v) is 1.16. The molecule has 0 aromatic heterocycles. The smallest absolute Gasteiger partial charge is 0.0201 e. The summed E-state index contributed by atoms with van der Waals surface area (Å²) in [5.74, 6) is 5.55. The van der Waals surface area contributed by atoms with Crippen LogP contribution in [0.1, 0.15) is 11.5 Å². The van der Waals surface area contributed by atoms with Crippen LogP contribution in [0.4, 0.5) is 0 Å². The number of hydrogen-bond acceptors (Lipinski definition) is 2. The second-order valence-electron chi connectivity index (χ2n) is 2.66. The van der Waals surface area contributed by atoms with Gasteiger partial charge in [-0.1, -0.05) is 36.4 Å². The van der Waals surface area contributed by atoms with E-state index in [1.807, 2.05) is 24.3 Å². The third kappa shape index (κ3) is 2.19. The van der Waals surface area contributed by atoms with Crippen LogP contribution in [-0.4, -0.2) is 6.54 Å². The zero-order chi connectivity index (χ0) is 8.81. The Morgan fingerprint density at radius 2 is 2.08 bits per heavy atom. The van der Waals surface area contributed by atoms with Crippen molar-refractivity contribution in [1.29, 1.82) is 0 Å². The first-order valence-corrected chi connectivity index (χ1v) is 3.99. The van der Waals surface area contributed by atoms with Crippen molar-refractivity contribution < 1.29 is 0 Å². The van der Waals surface area contributed by atoms with E-state index in [4.69, 9.17) is 5.84 Å². The highest BCUT2D eigenvalue weighted by molar-refractivity contribution is 5.23. The lowest BCUT2D eigenvalue weighted by molar-refractivity contribution is 0.678. The monoisotopic (exact) mass is 162 g/mol. The summed E-state index contributed by atoms with van der Waals surface area (Å²) >= 11 is 0. The van der Waals surface area contributed by atoms with Crippen LogP contribution >= 0.6 is 0 Å². The van der Waals surface area contributed by atoms with E-state index in [2.05, 4.69) is 24.1 Å². The zero-order valence-corrected chi connectivity index (χ0v) is 7.03. The van der Waals surface area contributed by atoms with E-state index in [0.717, 1.165) is 6.54 Å². The Labute approximate surface area is 73.1 Å². The Kier molecular flexibility index (Phi) is 3.51. The summed E-state index contributed by atoms with van der Waals surface area (Å²) in [6.07, 6.45) is 1.90. The lowest BCUT2D eigenvalue weighted by Gasteiger charge is -2.11. The van der Waals surface area contributed by atoms with Gasteiger partial charge >= 0.3 is 0 Å². The van der Waals surface area contributed by atoms with E-state index in [9.17, 15) is 0 Å². The molecule has 0 aliphatic carbocycles. The molecule has 0 saturated heterocycles. The highest BCUT2D eigenvalue weighted by Crippen LogP contribution is 2.14. The van der Waals surface area contributed by atoms with E-state index in [1.165, 1.54) is 5.56 Å². The Hall–Kier alpha value is -1.12. The summed E-state index contributed by atoms with van der Waals surface area (Å²) < 4.78 is 0. The van der Waals surface area contributed by atoms with Crippen LogP contribution in [-0.2, 0) is 0 Å². The number of nitrogens with one attached hydrogen (secondary N) is 1. The molecule has 1 atom stereocenters. The summed E-state index contributed by atoms with van der Waals surface area (Å²) in [5.41, 5.74) is 3.89. The fourth-order valence-electron chi connectivity index (χ4n) is 1.16. The van der Waals surface area contributed by atoms with Crippen molar-refractivity contribution in [2.45, 2.75) is 5.92 Å². The van der Waals surface area contributed by atoms with E-state index < -0.39 is 0 Å². The summed E-state index contributed by atoms with van der Waals surface area (Å²) in [4.78, 5) is 0. The van der Waals surface area contributed by atoms with Gasteiger partial charge < -0.3 is 0 Å². The molecule has 0 amide bonds. The van der Waals surface area contributed by atoms with Crippen molar-refractivity contribution in [3.05, 3.63) is 48.6 Å². The maximum atomic E-state index is 5.24. The van der Waals surface area contributed by atoms with Crippen LogP contribution in [0.15, 0.2) is 43.0 Å². The van der Waals surface area contributed by atoms with Gasteiger partial charge in [-0.05, 0) is 5.56 Å². The average molecular weight is 162 g/mol. The zero-order valence-electron chi connectivity index (χ0n) is 7.03. The Morgan fingerprint density at radius 1 is 1.42 bits per heavy atom. The van der Waals surface area contributed by atoms with Crippen molar-refractivity contribution in [2.75, 3.05) is 6.54 Å².